The molecule has 182 valence electrons. The first-order valence-corrected chi connectivity index (χ1v) is 13.7. The fraction of sp³-hybridized carbons (Fsp3) is 0.333. The number of nitrogens with one attached hydrogen (secondary N) is 1. The van der Waals surface area contributed by atoms with Crippen LogP contribution in [0, 0.1) is 5.92 Å². The van der Waals surface area contributed by atoms with E-state index in [-0.39, 0.29) is 34.7 Å². The molecule has 2 aliphatic rings. The van der Waals surface area contributed by atoms with E-state index < -0.39 is 10.0 Å². The molecule has 1 N–H and O–H groups in total. The van der Waals surface area contributed by atoms with E-state index in [1.54, 1.807) is 17.6 Å². The van der Waals surface area contributed by atoms with E-state index in [2.05, 4.69) is 4.72 Å². The average molecular weight is 492 g/mol. The average Bonchev–Trinajstić information content (AvgIpc) is 2.86. The molecule has 0 radical (unpaired) electrons. The maximum Gasteiger partial charge on any atom is 0.275 e. The van der Waals surface area contributed by atoms with Gasteiger partial charge in [0.1, 0.15) is 5.69 Å². The Morgan fingerprint density at radius 1 is 0.943 bits per heavy atom. The number of hydrogen-bond donors (Lipinski definition) is 1. The summed E-state index contributed by atoms with van der Waals surface area (Å²) in [5.41, 5.74) is 3.47. The van der Waals surface area contributed by atoms with Crippen molar-refractivity contribution in [3.63, 3.8) is 0 Å². The number of carbonyl (C=O) groups is 1. The van der Waals surface area contributed by atoms with Crippen molar-refractivity contribution in [3.05, 3.63) is 88.3 Å². The zero-order valence-electron chi connectivity index (χ0n) is 19.7. The molecular formula is C27H29N3O4S. The van der Waals surface area contributed by atoms with Gasteiger partial charge in [-0.2, -0.15) is 0 Å². The van der Waals surface area contributed by atoms with Gasteiger partial charge in [0.05, 0.1) is 5.75 Å². The smallest absolute Gasteiger partial charge is 0.275 e. The zero-order valence-corrected chi connectivity index (χ0v) is 20.5. The van der Waals surface area contributed by atoms with Crippen LogP contribution in [0.25, 0.3) is 11.1 Å². The molecule has 3 heterocycles. The van der Waals surface area contributed by atoms with Gasteiger partial charge in [0.2, 0.25) is 10.0 Å². The summed E-state index contributed by atoms with van der Waals surface area (Å²) in [7, 11) is -3.54. The molecule has 3 aromatic rings. The number of pyridine rings is 1. The Morgan fingerprint density at radius 3 is 2.37 bits per heavy atom. The lowest BCUT2D eigenvalue weighted by Gasteiger charge is -2.43. The van der Waals surface area contributed by atoms with Gasteiger partial charge in [-0.3, -0.25) is 14.3 Å². The summed E-state index contributed by atoms with van der Waals surface area (Å²) in [6.45, 7) is 3.37. The summed E-state index contributed by atoms with van der Waals surface area (Å²) in [5.74, 6) is 0.167. The molecule has 2 aromatic carbocycles. The normalized spacial score (nSPS) is 19.2. The minimum absolute atomic E-state index is 0.000876. The monoisotopic (exact) mass is 491 g/mol. The van der Waals surface area contributed by atoms with E-state index in [4.69, 9.17) is 0 Å². The second kappa shape index (κ2) is 9.34. The summed E-state index contributed by atoms with van der Waals surface area (Å²) >= 11 is 0. The van der Waals surface area contributed by atoms with E-state index in [0.29, 0.717) is 31.6 Å². The van der Waals surface area contributed by atoms with Gasteiger partial charge >= 0.3 is 0 Å². The molecule has 0 spiro atoms. The van der Waals surface area contributed by atoms with Gasteiger partial charge in [0, 0.05) is 36.8 Å². The maximum absolute atomic E-state index is 13.3. The largest absolute Gasteiger partial charge is 0.338 e. The molecular weight excluding hydrogens is 462 g/mol. The van der Waals surface area contributed by atoms with Gasteiger partial charge in [0.15, 0.2) is 0 Å². The van der Waals surface area contributed by atoms with Crippen molar-refractivity contribution >= 4 is 21.6 Å². The van der Waals surface area contributed by atoms with Crippen LogP contribution in [0.2, 0.25) is 0 Å². The highest BCUT2D eigenvalue weighted by molar-refractivity contribution is 7.92. The molecule has 1 fully saturated rings. The third-order valence-electron chi connectivity index (χ3n) is 6.87. The fourth-order valence-electron chi connectivity index (χ4n) is 5.30. The number of rotatable bonds is 6. The number of amides is 1. The van der Waals surface area contributed by atoms with Crippen molar-refractivity contribution in [1.82, 2.24) is 9.47 Å². The van der Waals surface area contributed by atoms with Crippen LogP contribution in [0.5, 0.6) is 0 Å². The summed E-state index contributed by atoms with van der Waals surface area (Å²) in [6, 6.07) is 21.1. The Balaban J connectivity index is 1.34. The van der Waals surface area contributed by atoms with Gasteiger partial charge in [-0.1, -0.05) is 49.4 Å². The second-order valence-electron chi connectivity index (χ2n) is 9.46. The number of hydrogen-bond acceptors (Lipinski definition) is 4. The molecule has 0 unspecified atom stereocenters. The number of fused-ring (bicyclic) bond motifs is 4. The highest BCUT2D eigenvalue weighted by Gasteiger charge is 2.37. The molecule has 2 atom stereocenters. The first kappa shape index (κ1) is 23.4. The minimum atomic E-state index is -3.54. The van der Waals surface area contributed by atoms with Crippen LogP contribution in [0.15, 0.2) is 71.5 Å². The Bertz CT molecular complexity index is 1400. The summed E-state index contributed by atoms with van der Waals surface area (Å²) < 4.78 is 28.5. The van der Waals surface area contributed by atoms with Crippen molar-refractivity contribution in [2.45, 2.75) is 32.2 Å². The SMILES string of the molecule is CCCS(=O)(=O)Nc1ccc2n(c1=O)C[C@H]1C[C@@H]2CN(C(=O)c2ccc(-c3ccccc3)cc2)C1. The second-order valence-corrected chi connectivity index (χ2v) is 11.3. The molecule has 1 aromatic heterocycles. The van der Waals surface area contributed by atoms with Crippen LogP contribution >= 0.6 is 0 Å². The van der Waals surface area contributed by atoms with E-state index in [0.717, 1.165) is 23.2 Å². The van der Waals surface area contributed by atoms with E-state index in [9.17, 15) is 18.0 Å². The lowest BCUT2D eigenvalue weighted by Crippen LogP contribution is -2.49. The van der Waals surface area contributed by atoms with Gasteiger partial charge in [-0.15, -0.1) is 0 Å². The van der Waals surface area contributed by atoms with Crippen molar-refractivity contribution in [2.24, 2.45) is 5.92 Å². The van der Waals surface area contributed by atoms with E-state index >= 15 is 0 Å². The Labute approximate surface area is 205 Å². The third kappa shape index (κ3) is 4.75. The summed E-state index contributed by atoms with van der Waals surface area (Å²) in [5, 5.41) is 0. The predicted molar refractivity (Wildman–Crippen MR) is 137 cm³/mol. The molecule has 2 bridgehead atoms. The number of carbonyl (C=O) groups excluding carboxylic acids is 1. The van der Waals surface area contributed by atoms with Crippen LogP contribution in [0.1, 0.15) is 41.7 Å². The summed E-state index contributed by atoms with van der Waals surface area (Å²) in [4.78, 5) is 28.3. The van der Waals surface area contributed by atoms with Crippen LogP contribution in [0.3, 0.4) is 0 Å². The number of nitrogens with zero attached hydrogens (tertiary/aromatic N) is 2. The highest BCUT2D eigenvalue weighted by atomic mass is 32.2. The standard InChI is InChI=1S/C27H29N3O4S/c1-2-14-35(33,34)28-24-12-13-25-23-15-19(17-30(25)27(24)32)16-29(18-23)26(31)22-10-8-21(9-11-22)20-6-4-3-5-7-20/h3-13,19,23,28H,2,14-18H2,1H3/t19-,23+/m0/s1. The topological polar surface area (TPSA) is 88.5 Å². The Kier molecular flexibility index (Phi) is 6.23. The van der Waals surface area contributed by atoms with Crippen LogP contribution in [-0.4, -0.2) is 42.6 Å². The molecule has 35 heavy (non-hydrogen) atoms. The van der Waals surface area contributed by atoms with Crippen molar-refractivity contribution in [2.75, 3.05) is 23.6 Å². The Hall–Kier alpha value is -3.39. The minimum Gasteiger partial charge on any atom is -0.338 e. The molecule has 2 aliphatic heterocycles. The van der Waals surface area contributed by atoms with Crippen molar-refractivity contribution in [1.29, 1.82) is 0 Å². The number of sulfonamides is 1. The number of anilines is 1. The maximum atomic E-state index is 13.3. The third-order valence-corrected chi connectivity index (χ3v) is 8.35. The molecule has 8 heteroatoms. The fourth-order valence-corrected chi connectivity index (χ4v) is 6.42. The first-order chi connectivity index (χ1) is 16.8. The highest BCUT2D eigenvalue weighted by Crippen LogP contribution is 2.36. The number of piperidine rings is 1. The van der Waals surface area contributed by atoms with E-state index in [1.807, 2.05) is 65.6 Å². The molecule has 1 amide bonds. The molecule has 5 rings (SSSR count). The van der Waals surface area contributed by atoms with Crippen LogP contribution in [0.4, 0.5) is 5.69 Å². The Morgan fingerprint density at radius 2 is 1.66 bits per heavy atom. The molecule has 1 saturated heterocycles. The van der Waals surface area contributed by atoms with Crippen LogP contribution < -0.4 is 10.3 Å². The van der Waals surface area contributed by atoms with Gasteiger partial charge < -0.3 is 9.47 Å². The lowest BCUT2D eigenvalue weighted by molar-refractivity contribution is 0.0594. The lowest BCUT2D eigenvalue weighted by atomic mass is 9.83. The molecule has 7 nitrogen and oxygen atoms in total. The van der Waals surface area contributed by atoms with E-state index in [1.165, 1.54) is 0 Å². The van der Waals surface area contributed by atoms with Gasteiger partial charge in [-0.05, 0) is 54.2 Å². The van der Waals surface area contributed by atoms with Gasteiger partial charge in [0.25, 0.3) is 11.5 Å². The molecule has 0 aliphatic carbocycles. The first-order valence-electron chi connectivity index (χ1n) is 12.0. The van der Waals surface area contributed by atoms with Gasteiger partial charge in [-0.25, -0.2) is 8.42 Å². The van der Waals surface area contributed by atoms with Crippen molar-refractivity contribution < 1.29 is 13.2 Å². The number of aromatic nitrogens is 1. The number of likely N-dealkylation sites (tertiary alicyclic amines) is 1. The van der Waals surface area contributed by atoms with Crippen LogP contribution in [-0.2, 0) is 16.6 Å². The predicted octanol–water partition coefficient (Wildman–Crippen LogP) is 3.93. The number of benzene rings is 2. The quantitative estimate of drug-likeness (QED) is 0.566. The zero-order chi connectivity index (χ0) is 24.6. The van der Waals surface area contributed by atoms with Crippen molar-refractivity contribution in [3.8, 4) is 11.1 Å². The summed E-state index contributed by atoms with van der Waals surface area (Å²) in [6.07, 6.45) is 1.39. The molecule has 0 saturated carbocycles.